The van der Waals surface area contributed by atoms with E-state index < -0.39 is 28.3 Å². The number of aromatic nitrogens is 4. The summed E-state index contributed by atoms with van der Waals surface area (Å²) in [6.45, 7) is 11.0. The highest BCUT2D eigenvalue weighted by molar-refractivity contribution is 7.97. The fraction of sp³-hybridized carbons (Fsp3) is 0.571. The van der Waals surface area contributed by atoms with Gasteiger partial charge in [0.25, 0.3) is 5.91 Å². The zero-order chi connectivity index (χ0) is 38.8. The van der Waals surface area contributed by atoms with Gasteiger partial charge in [-0.1, -0.05) is 22.9 Å². The Morgan fingerprint density at radius 3 is 2.49 bits per heavy atom. The number of anilines is 1. The zero-order valence-corrected chi connectivity index (χ0v) is 32.0. The van der Waals surface area contributed by atoms with Crippen LogP contribution in [0.2, 0.25) is 10.4 Å². The van der Waals surface area contributed by atoms with Gasteiger partial charge in [0.1, 0.15) is 21.6 Å². The summed E-state index contributed by atoms with van der Waals surface area (Å²) < 4.78 is 55.6. The van der Waals surface area contributed by atoms with Crippen LogP contribution in [-0.2, 0) is 4.74 Å². The summed E-state index contributed by atoms with van der Waals surface area (Å²) in [5, 5.41) is 6.10. The van der Waals surface area contributed by atoms with Gasteiger partial charge < -0.3 is 19.7 Å². The minimum absolute atomic E-state index is 0.0697. The number of nitrogens with zero attached hydrogens (tertiary/aromatic N) is 5. The summed E-state index contributed by atoms with van der Waals surface area (Å²) in [7, 11) is 11.7. The Balaban J connectivity index is 1.06. The summed E-state index contributed by atoms with van der Waals surface area (Å²) >= 11 is 7.40. The van der Waals surface area contributed by atoms with Crippen LogP contribution in [0.5, 0.6) is 5.88 Å². The van der Waals surface area contributed by atoms with Gasteiger partial charge in [-0.25, -0.2) is 19.4 Å². The first-order valence-electron chi connectivity index (χ1n) is 17.4. The van der Waals surface area contributed by atoms with Gasteiger partial charge in [-0.15, -0.1) is 5.10 Å². The molecule has 1 unspecified atom stereocenters. The molecule has 2 fully saturated rings. The normalized spacial score (nSPS) is 18.1. The number of carbonyl (C=O) groups excluding carboxylic acids is 2. The molecule has 0 bridgehead atoms. The third-order valence-corrected chi connectivity index (χ3v) is 10.5. The predicted octanol–water partition coefficient (Wildman–Crippen LogP) is 7.55. The van der Waals surface area contributed by atoms with Crippen LogP contribution in [-0.4, -0.2) is 89.4 Å². The van der Waals surface area contributed by atoms with Crippen molar-refractivity contribution in [3.63, 3.8) is 0 Å². The van der Waals surface area contributed by atoms with E-state index in [4.69, 9.17) is 36.8 Å². The van der Waals surface area contributed by atoms with Gasteiger partial charge in [0.05, 0.1) is 33.3 Å². The SMILES string of the molecule is [B]C([B])(CCOc1ccn(-c2ccc(C(=O)NSc3cccc(NCCCC4CN(C(=O)OC(C)(C)C)C(C)(C)C4)n3)c(Cl)n2)n1)C1(C(F)(F)F)CC1. The second kappa shape index (κ2) is 15.6. The van der Waals surface area contributed by atoms with E-state index in [-0.39, 0.29) is 59.9 Å². The lowest BCUT2D eigenvalue weighted by Crippen LogP contribution is -2.45. The van der Waals surface area contributed by atoms with E-state index in [1.807, 2.05) is 37.8 Å². The number of rotatable bonds is 14. The van der Waals surface area contributed by atoms with Crippen LogP contribution in [0.25, 0.3) is 5.82 Å². The minimum atomic E-state index is -4.49. The molecule has 282 valence electrons. The molecule has 1 aliphatic heterocycles. The molecule has 0 spiro atoms. The summed E-state index contributed by atoms with van der Waals surface area (Å²) in [6, 6.07) is 9.99. The van der Waals surface area contributed by atoms with Crippen molar-refractivity contribution >= 4 is 57.1 Å². The number of pyridine rings is 2. The van der Waals surface area contributed by atoms with E-state index in [0.29, 0.717) is 29.9 Å². The van der Waals surface area contributed by atoms with Gasteiger partial charge in [-0.2, -0.15) is 13.2 Å². The van der Waals surface area contributed by atoms with Gasteiger partial charge in [-0.3, -0.25) is 9.52 Å². The number of hydrogen-bond acceptors (Lipinski definition) is 9. The Morgan fingerprint density at radius 1 is 1.09 bits per heavy atom. The average molecular weight is 772 g/mol. The van der Waals surface area contributed by atoms with Crippen LogP contribution in [0.15, 0.2) is 47.6 Å². The van der Waals surface area contributed by atoms with Gasteiger partial charge in [0.2, 0.25) is 5.88 Å². The van der Waals surface area contributed by atoms with Gasteiger partial charge in [0, 0.05) is 42.8 Å². The van der Waals surface area contributed by atoms with Crippen molar-refractivity contribution in [1.82, 2.24) is 29.4 Å². The topological polar surface area (TPSA) is 124 Å². The standard InChI is InChI=1S/C35H43B2ClF3N7O4S/c1-31(2,3)52-30(50)47-21-22(20-32(47,4)5)8-7-17-42-24-9-6-10-27(43-24)53-46-29(49)23-11-12-25(44-28(23)38)48-18-13-26(45-48)51-19-16-34(36,37)33(14-15-33)35(39,40)41/h6,9-13,18,22H,7-8,14-17,19-21H2,1-5H3,(H,42,43)(H,46,49). The van der Waals surface area contributed by atoms with Gasteiger partial charge in [0.15, 0.2) is 5.82 Å². The van der Waals surface area contributed by atoms with Crippen molar-refractivity contribution in [2.24, 2.45) is 11.3 Å². The number of likely N-dealkylation sites (tertiary alicyclic amines) is 1. The monoisotopic (exact) mass is 771 g/mol. The highest BCUT2D eigenvalue weighted by atomic mass is 35.5. The van der Waals surface area contributed by atoms with Crippen LogP contribution >= 0.6 is 23.5 Å². The number of nitrogens with one attached hydrogen (secondary N) is 2. The molecule has 1 saturated heterocycles. The van der Waals surface area contributed by atoms with E-state index in [9.17, 15) is 22.8 Å². The van der Waals surface area contributed by atoms with Crippen LogP contribution in [0.4, 0.5) is 23.8 Å². The van der Waals surface area contributed by atoms with E-state index in [1.165, 1.54) is 29.1 Å². The Morgan fingerprint density at radius 2 is 1.83 bits per heavy atom. The smallest absolute Gasteiger partial charge is 0.410 e. The maximum Gasteiger partial charge on any atom is 0.410 e. The molecule has 2 N–H and O–H groups in total. The third-order valence-electron chi connectivity index (χ3n) is 9.47. The first-order valence-corrected chi connectivity index (χ1v) is 18.6. The third kappa shape index (κ3) is 9.94. The lowest BCUT2D eigenvalue weighted by Gasteiger charge is -2.37. The molecule has 2 aliphatic rings. The second-order valence-corrected chi connectivity index (χ2v) is 16.4. The summed E-state index contributed by atoms with van der Waals surface area (Å²) in [5.41, 5.74) is -2.78. The Bertz CT molecular complexity index is 1790. The van der Waals surface area contributed by atoms with Crippen molar-refractivity contribution in [3.05, 3.63) is 53.3 Å². The fourth-order valence-corrected chi connectivity index (χ4v) is 7.32. The molecule has 3 aromatic heterocycles. The van der Waals surface area contributed by atoms with Crippen molar-refractivity contribution in [3.8, 4) is 11.7 Å². The second-order valence-electron chi connectivity index (χ2n) is 15.3. The van der Waals surface area contributed by atoms with E-state index in [1.54, 1.807) is 6.07 Å². The maximum atomic E-state index is 13.5. The Hall–Kier alpha value is -3.59. The molecule has 11 nitrogen and oxygen atoms in total. The van der Waals surface area contributed by atoms with Crippen LogP contribution in [0.1, 0.15) is 83.5 Å². The van der Waals surface area contributed by atoms with Gasteiger partial charge >= 0.3 is 12.3 Å². The highest BCUT2D eigenvalue weighted by Crippen LogP contribution is 2.69. The molecule has 1 atom stereocenters. The van der Waals surface area contributed by atoms with Crippen LogP contribution in [0, 0.1) is 11.3 Å². The molecule has 3 aromatic rings. The molecule has 53 heavy (non-hydrogen) atoms. The zero-order valence-electron chi connectivity index (χ0n) is 30.4. The Labute approximate surface area is 319 Å². The van der Waals surface area contributed by atoms with E-state index in [2.05, 4.69) is 39.0 Å². The maximum absolute atomic E-state index is 13.5. The van der Waals surface area contributed by atoms with E-state index in [0.717, 1.165) is 31.2 Å². The highest BCUT2D eigenvalue weighted by Gasteiger charge is 2.68. The quantitative estimate of drug-likeness (QED) is 0.0741. The first-order chi connectivity index (χ1) is 24.7. The number of ether oxygens (including phenoxy) is 2. The van der Waals surface area contributed by atoms with Crippen LogP contribution < -0.4 is 14.8 Å². The molecule has 0 aromatic carbocycles. The van der Waals surface area contributed by atoms with Crippen molar-refractivity contribution in [2.75, 3.05) is 25.0 Å². The molecule has 5 rings (SSSR count). The summed E-state index contributed by atoms with van der Waals surface area (Å²) in [6.07, 6.45) is -0.935. The number of amides is 2. The fourth-order valence-electron chi connectivity index (χ4n) is 6.48. The molecule has 2 amide bonds. The van der Waals surface area contributed by atoms with Crippen molar-refractivity contribution in [2.45, 2.75) is 101 Å². The summed E-state index contributed by atoms with van der Waals surface area (Å²) in [4.78, 5) is 36.4. The molecule has 1 saturated carbocycles. The number of alkyl halides is 3. The number of hydrogen-bond donors (Lipinski definition) is 2. The molecular formula is C35H43B2ClF3N7O4S. The molecule has 18 heteroatoms. The predicted molar refractivity (Wildman–Crippen MR) is 199 cm³/mol. The molecule has 1 aliphatic carbocycles. The lowest BCUT2D eigenvalue weighted by atomic mass is 9.45. The number of carbonyl (C=O) groups is 2. The van der Waals surface area contributed by atoms with Crippen molar-refractivity contribution in [1.29, 1.82) is 0 Å². The van der Waals surface area contributed by atoms with Crippen LogP contribution in [0.3, 0.4) is 0 Å². The van der Waals surface area contributed by atoms with Gasteiger partial charge in [-0.05, 0) is 103 Å². The lowest BCUT2D eigenvalue weighted by molar-refractivity contribution is -0.192. The minimum Gasteiger partial charge on any atom is -0.477 e. The van der Waals surface area contributed by atoms with Crippen molar-refractivity contribution < 1.29 is 32.2 Å². The molecule has 4 heterocycles. The number of halogens is 4. The molecule has 4 radical (unpaired) electrons. The largest absolute Gasteiger partial charge is 0.477 e. The summed E-state index contributed by atoms with van der Waals surface area (Å²) in [5.74, 6) is 0.965. The molecular weight excluding hydrogens is 729 g/mol. The Kier molecular flexibility index (Phi) is 12.0. The average Bonchev–Trinajstić information content (AvgIpc) is 3.69. The first kappa shape index (κ1) is 40.6. The van der Waals surface area contributed by atoms with E-state index >= 15 is 0 Å².